The Morgan fingerprint density at radius 1 is 1.15 bits per heavy atom. The maximum Gasteiger partial charge on any atom is 0.162 e. The van der Waals surface area contributed by atoms with Crippen LogP contribution in [-0.4, -0.2) is 51.0 Å². The third kappa shape index (κ3) is 4.23. The lowest BCUT2D eigenvalue weighted by Crippen LogP contribution is -2.35. The molecular weight excluding hydrogens is 326 g/mol. The monoisotopic (exact) mass is 351 g/mol. The number of aromatic nitrogens is 4. The summed E-state index contributed by atoms with van der Waals surface area (Å²) in [5.74, 6) is 1.84. The fraction of sp³-hybridized carbons (Fsp3) is 0.368. The van der Waals surface area contributed by atoms with Gasteiger partial charge in [-0.2, -0.15) is 0 Å². The number of hydrogen-bond acceptors (Lipinski definition) is 7. The number of rotatable bonds is 6. The molecular formula is C19H25N7. The number of pyridine rings is 2. The molecule has 3 aromatic rings. The molecule has 0 aliphatic heterocycles. The highest BCUT2D eigenvalue weighted by molar-refractivity contribution is 5.90. The first-order valence-corrected chi connectivity index (χ1v) is 8.61. The molecule has 0 unspecified atom stereocenters. The van der Waals surface area contributed by atoms with Crippen LogP contribution in [-0.2, 0) is 0 Å². The quantitative estimate of drug-likeness (QED) is 0.705. The van der Waals surface area contributed by atoms with E-state index in [1.807, 2.05) is 12.1 Å². The summed E-state index contributed by atoms with van der Waals surface area (Å²) in [5.41, 5.74) is 7.32. The number of nitrogens with two attached hydrogens (primary N) is 1. The van der Waals surface area contributed by atoms with Crippen molar-refractivity contribution in [3.8, 4) is 11.4 Å². The minimum atomic E-state index is -0.122. The number of nitrogen functional groups attached to an aromatic ring is 1. The van der Waals surface area contributed by atoms with Crippen molar-refractivity contribution in [3.63, 3.8) is 0 Å². The Morgan fingerprint density at radius 3 is 2.69 bits per heavy atom. The smallest absolute Gasteiger partial charge is 0.162 e. The standard InChI is InChI=1S/C19H25N7/c1-19(2,7-10-26(3)4)25-18-14-6-8-21-12-15(14)23-17(24-18)13-5-9-22-16(20)11-13/h5-6,8-9,11-12H,7,10H2,1-4H3,(H2,20,22)(H,23,24,25). The Bertz CT molecular complexity index is 905. The molecule has 0 aromatic carbocycles. The molecule has 3 N–H and O–H groups in total. The molecule has 3 heterocycles. The molecule has 0 aliphatic carbocycles. The second kappa shape index (κ2) is 7.21. The summed E-state index contributed by atoms with van der Waals surface area (Å²) in [6.45, 7) is 5.34. The van der Waals surface area contributed by atoms with Crippen LogP contribution in [0.5, 0.6) is 0 Å². The van der Waals surface area contributed by atoms with Crippen molar-refractivity contribution in [2.75, 3.05) is 31.7 Å². The second-order valence-electron chi connectivity index (χ2n) is 7.32. The molecule has 136 valence electrons. The summed E-state index contributed by atoms with van der Waals surface area (Å²) in [4.78, 5) is 19.8. The van der Waals surface area contributed by atoms with Gasteiger partial charge in [0.25, 0.3) is 0 Å². The molecule has 0 radical (unpaired) electrons. The van der Waals surface area contributed by atoms with Crippen molar-refractivity contribution >= 4 is 22.5 Å². The van der Waals surface area contributed by atoms with E-state index < -0.39 is 0 Å². The van der Waals surface area contributed by atoms with Crippen molar-refractivity contribution in [2.24, 2.45) is 0 Å². The summed E-state index contributed by atoms with van der Waals surface area (Å²) in [6.07, 6.45) is 6.15. The predicted octanol–water partition coefficient (Wildman–Crippen LogP) is 2.81. The van der Waals surface area contributed by atoms with Crippen molar-refractivity contribution in [1.29, 1.82) is 0 Å². The van der Waals surface area contributed by atoms with Gasteiger partial charge in [-0.15, -0.1) is 0 Å². The van der Waals surface area contributed by atoms with Crippen LogP contribution in [0.4, 0.5) is 11.6 Å². The molecule has 0 aliphatic rings. The van der Waals surface area contributed by atoms with Crippen LogP contribution >= 0.6 is 0 Å². The highest BCUT2D eigenvalue weighted by Crippen LogP contribution is 2.27. The normalized spacial score (nSPS) is 11.9. The minimum Gasteiger partial charge on any atom is -0.384 e. The molecule has 0 fully saturated rings. The van der Waals surface area contributed by atoms with Crippen LogP contribution in [0.3, 0.4) is 0 Å². The van der Waals surface area contributed by atoms with E-state index >= 15 is 0 Å². The maximum atomic E-state index is 5.82. The van der Waals surface area contributed by atoms with Gasteiger partial charge in [0, 0.05) is 28.9 Å². The van der Waals surface area contributed by atoms with Gasteiger partial charge in [-0.25, -0.2) is 15.0 Å². The third-order valence-electron chi connectivity index (χ3n) is 4.18. The molecule has 3 aromatic heterocycles. The van der Waals surface area contributed by atoms with Gasteiger partial charge in [0.1, 0.15) is 11.6 Å². The SMILES string of the molecule is CN(C)CCC(C)(C)Nc1nc(-c2ccnc(N)c2)nc2cnccc12. The summed E-state index contributed by atoms with van der Waals surface area (Å²) >= 11 is 0. The zero-order valence-electron chi connectivity index (χ0n) is 15.7. The number of anilines is 2. The molecule has 7 heteroatoms. The van der Waals surface area contributed by atoms with Gasteiger partial charge in [-0.05, 0) is 59.1 Å². The van der Waals surface area contributed by atoms with Crippen LogP contribution in [0.1, 0.15) is 20.3 Å². The van der Waals surface area contributed by atoms with E-state index in [0.717, 1.165) is 35.2 Å². The number of nitrogens with zero attached hydrogens (tertiary/aromatic N) is 5. The van der Waals surface area contributed by atoms with Crippen molar-refractivity contribution in [1.82, 2.24) is 24.8 Å². The summed E-state index contributed by atoms with van der Waals surface area (Å²) in [5, 5.41) is 4.54. The highest BCUT2D eigenvalue weighted by atomic mass is 15.1. The number of fused-ring (bicyclic) bond motifs is 1. The Morgan fingerprint density at radius 2 is 1.96 bits per heavy atom. The number of hydrogen-bond donors (Lipinski definition) is 2. The molecule has 0 saturated heterocycles. The van der Waals surface area contributed by atoms with E-state index in [4.69, 9.17) is 10.7 Å². The third-order valence-corrected chi connectivity index (χ3v) is 4.18. The van der Waals surface area contributed by atoms with Gasteiger partial charge >= 0.3 is 0 Å². The van der Waals surface area contributed by atoms with E-state index in [-0.39, 0.29) is 5.54 Å². The van der Waals surface area contributed by atoms with E-state index in [2.05, 4.69) is 53.1 Å². The lowest BCUT2D eigenvalue weighted by molar-refractivity contribution is 0.356. The number of nitrogens with one attached hydrogen (secondary N) is 1. The van der Waals surface area contributed by atoms with Gasteiger partial charge in [0.05, 0.1) is 11.7 Å². The van der Waals surface area contributed by atoms with Crippen molar-refractivity contribution in [3.05, 3.63) is 36.8 Å². The summed E-state index contributed by atoms with van der Waals surface area (Å²) < 4.78 is 0. The molecule has 7 nitrogen and oxygen atoms in total. The van der Waals surface area contributed by atoms with Gasteiger partial charge < -0.3 is 16.0 Å². The second-order valence-corrected chi connectivity index (χ2v) is 7.32. The van der Waals surface area contributed by atoms with Gasteiger partial charge in [-0.3, -0.25) is 4.98 Å². The Balaban J connectivity index is 2.03. The topological polar surface area (TPSA) is 92.8 Å². The molecule has 0 amide bonds. The van der Waals surface area contributed by atoms with E-state index in [1.54, 1.807) is 24.7 Å². The summed E-state index contributed by atoms with van der Waals surface area (Å²) in [7, 11) is 4.15. The first-order chi connectivity index (χ1) is 12.3. The van der Waals surface area contributed by atoms with E-state index in [1.165, 1.54) is 0 Å². The molecule has 0 atom stereocenters. The molecule has 0 saturated carbocycles. The largest absolute Gasteiger partial charge is 0.384 e. The van der Waals surface area contributed by atoms with Gasteiger partial charge in [0.2, 0.25) is 0 Å². The van der Waals surface area contributed by atoms with Crippen LogP contribution in [0.2, 0.25) is 0 Å². The lowest BCUT2D eigenvalue weighted by Gasteiger charge is -2.29. The first kappa shape index (κ1) is 18.0. The van der Waals surface area contributed by atoms with Gasteiger partial charge in [0.15, 0.2) is 5.82 Å². The Labute approximate surface area is 153 Å². The van der Waals surface area contributed by atoms with Crippen molar-refractivity contribution < 1.29 is 0 Å². The average Bonchev–Trinajstić information content (AvgIpc) is 2.60. The highest BCUT2D eigenvalue weighted by Gasteiger charge is 2.20. The zero-order chi connectivity index (χ0) is 18.7. The van der Waals surface area contributed by atoms with Crippen LogP contribution in [0, 0.1) is 0 Å². The Kier molecular flexibility index (Phi) is 4.99. The van der Waals surface area contributed by atoms with Crippen LogP contribution in [0.15, 0.2) is 36.8 Å². The predicted molar refractivity (Wildman–Crippen MR) is 106 cm³/mol. The fourth-order valence-corrected chi connectivity index (χ4v) is 2.68. The van der Waals surface area contributed by atoms with E-state index in [9.17, 15) is 0 Å². The van der Waals surface area contributed by atoms with E-state index in [0.29, 0.717) is 11.6 Å². The average molecular weight is 351 g/mol. The molecule has 3 rings (SSSR count). The van der Waals surface area contributed by atoms with Crippen LogP contribution in [0.25, 0.3) is 22.3 Å². The van der Waals surface area contributed by atoms with Gasteiger partial charge in [-0.1, -0.05) is 0 Å². The zero-order valence-corrected chi connectivity index (χ0v) is 15.7. The molecule has 26 heavy (non-hydrogen) atoms. The Hall–Kier alpha value is -2.80. The first-order valence-electron chi connectivity index (χ1n) is 8.61. The fourth-order valence-electron chi connectivity index (χ4n) is 2.68. The molecule has 0 spiro atoms. The summed E-state index contributed by atoms with van der Waals surface area (Å²) in [6, 6.07) is 5.57. The minimum absolute atomic E-state index is 0.122. The lowest BCUT2D eigenvalue weighted by atomic mass is 10.00. The van der Waals surface area contributed by atoms with Crippen LogP contribution < -0.4 is 11.1 Å². The van der Waals surface area contributed by atoms with Crippen molar-refractivity contribution in [2.45, 2.75) is 25.8 Å². The maximum absolute atomic E-state index is 5.82. The molecule has 0 bridgehead atoms.